The highest BCUT2D eigenvalue weighted by Crippen LogP contribution is 2.11. The van der Waals surface area contributed by atoms with Gasteiger partial charge >= 0.3 is 17.2 Å². The number of carbonyl (C=O) groups excluding carboxylic acids is 1. The van der Waals surface area contributed by atoms with Crippen molar-refractivity contribution in [3.63, 3.8) is 0 Å². The first kappa shape index (κ1) is 19.8. The monoisotopic (exact) mass is 386 g/mol. The molecule has 0 aliphatic carbocycles. The maximum absolute atomic E-state index is 11.4. The van der Waals surface area contributed by atoms with Crippen LogP contribution in [0.2, 0.25) is 0 Å². The van der Waals surface area contributed by atoms with E-state index in [9.17, 15) is 14.4 Å². The normalized spacial score (nSPS) is 10.0. The number of hydrogen-bond acceptors (Lipinski definition) is 9. The van der Waals surface area contributed by atoms with Crippen LogP contribution in [0.4, 0.5) is 5.82 Å². The third-order valence-corrected chi connectivity index (χ3v) is 3.32. The van der Waals surface area contributed by atoms with Gasteiger partial charge in [-0.15, -0.1) is 15.2 Å². The maximum atomic E-state index is 11.4. The van der Waals surface area contributed by atoms with Crippen molar-refractivity contribution in [1.29, 1.82) is 0 Å². The van der Waals surface area contributed by atoms with Crippen LogP contribution in [0.1, 0.15) is 17.9 Å². The molecule has 0 atom stereocenters. The van der Waals surface area contributed by atoms with Crippen LogP contribution in [-0.2, 0) is 14.1 Å². The Morgan fingerprint density at radius 2 is 1.50 bits per heavy atom. The Morgan fingerprint density at radius 1 is 1.00 bits per heavy atom. The van der Waals surface area contributed by atoms with Gasteiger partial charge in [-0.25, -0.2) is 23.4 Å². The Kier molecular flexibility index (Phi) is 5.25. The summed E-state index contributed by atoms with van der Waals surface area (Å²) in [5.41, 5.74) is 4.42. The van der Waals surface area contributed by atoms with Gasteiger partial charge in [0.1, 0.15) is 6.33 Å². The van der Waals surface area contributed by atoms with E-state index in [1.165, 1.54) is 31.2 Å². The molecule has 4 aromatic heterocycles. The third kappa shape index (κ3) is 3.16. The van der Waals surface area contributed by atoms with E-state index < -0.39 is 11.6 Å². The summed E-state index contributed by atoms with van der Waals surface area (Å²) in [4.78, 5) is 44.1. The van der Waals surface area contributed by atoms with E-state index in [0.29, 0.717) is 0 Å². The lowest BCUT2D eigenvalue weighted by molar-refractivity contribution is 0.0997. The highest BCUT2D eigenvalue weighted by atomic mass is 16.2. The second-order valence-corrected chi connectivity index (χ2v) is 5.02. The van der Waals surface area contributed by atoms with Crippen LogP contribution in [0.3, 0.4) is 0 Å². The van der Waals surface area contributed by atoms with Gasteiger partial charge in [-0.3, -0.25) is 4.79 Å². The van der Waals surface area contributed by atoms with Gasteiger partial charge in [0.2, 0.25) is 0 Å². The van der Waals surface area contributed by atoms with E-state index in [2.05, 4.69) is 35.4 Å². The number of hydrogen-bond donors (Lipinski definition) is 1. The number of aryl methyl sites for hydroxylation is 2. The molecule has 15 heteroatoms. The molecule has 1 amide bonds. The summed E-state index contributed by atoms with van der Waals surface area (Å²) in [6.07, 6.45) is 2.45. The summed E-state index contributed by atoms with van der Waals surface area (Å²) in [5, 5.41) is 14.4. The van der Waals surface area contributed by atoms with Gasteiger partial charge in [0, 0.05) is 14.1 Å². The van der Waals surface area contributed by atoms with E-state index in [0.717, 1.165) is 13.8 Å². The van der Waals surface area contributed by atoms with Crippen molar-refractivity contribution in [3.8, 4) is 0 Å². The topological polar surface area (TPSA) is 178 Å². The summed E-state index contributed by atoms with van der Waals surface area (Å²) in [5.74, 6) is -0.653. The Morgan fingerprint density at radius 3 is 2.04 bits per heavy atom. The molecule has 2 N–H and O–H groups in total. The molecule has 28 heavy (non-hydrogen) atoms. The summed E-state index contributed by atoms with van der Waals surface area (Å²) in [6, 6.07) is 0. The Labute approximate surface area is 155 Å². The van der Waals surface area contributed by atoms with Crippen molar-refractivity contribution in [2.45, 2.75) is 7.43 Å². The number of rotatable bonds is 1. The molecule has 0 aromatic carbocycles. The average Bonchev–Trinajstić information content (AvgIpc) is 3.26. The van der Waals surface area contributed by atoms with Gasteiger partial charge < -0.3 is 10.6 Å². The van der Waals surface area contributed by atoms with Crippen molar-refractivity contribution in [3.05, 3.63) is 50.7 Å². The second-order valence-electron chi connectivity index (χ2n) is 5.02. The van der Waals surface area contributed by atoms with Crippen LogP contribution in [0, 0.1) is 6.57 Å². The smallest absolute Gasteiger partial charge is 0.353 e. The van der Waals surface area contributed by atoms with E-state index in [1.807, 2.05) is 0 Å². The van der Waals surface area contributed by atoms with Gasteiger partial charge in [-0.05, 0) is 0 Å². The molecule has 0 unspecified atom stereocenters. The quantitative estimate of drug-likeness (QED) is 0.360. The van der Waals surface area contributed by atoms with Crippen LogP contribution in [0.25, 0.3) is 16.1 Å². The summed E-state index contributed by atoms with van der Waals surface area (Å²) in [7, 11) is 2.92. The van der Waals surface area contributed by atoms with Crippen LogP contribution >= 0.6 is 0 Å². The highest BCUT2D eigenvalue weighted by molar-refractivity contribution is 5.96. The van der Waals surface area contributed by atoms with Crippen molar-refractivity contribution in [1.82, 2.24) is 48.8 Å². The second kappa shape index (κ2) is 7.41. The minimum Gasteiger partial charge on any atom is -0.364 e. The van der Waals surface area contributed by atoms with Gasteiger partial charge in [-0.2, -0.15) is 9.36 Å². The van der Waals surface area contributed by atoms with Gasteiger partial charge in [0.15, 0.2) is 23.3 Å². The minimum atomic E-state index is -0.741. The molecule has 0 radical (unpaired) electrons. The first-order chi connectivity index (χ1) is 12.8. The van der Waals surface area contributed by atoms with Gasteiger partial charge in [0.05, 0.1) is 0 Å². The standard InChI is InChI=1S/C6H6N6O2.C6H4N6O.CH4/c1-11-6(14)12-2-8-3(4(7)13)5(12)9-10-11;1-7-4-5-9-10-11(2)6(13)12(5)3-8-4;/h2H,1H3,(H2,7,13);3H,2H3;1H4. The van der Waals surface area contributed by atoms with E-state index in [4.69, 9.17) is 12.3 Å². The molecule has 0 spiro atoms. The molecule has 0 bridgehead atoms. The fraction of sp³-hybridized carbons (Fsp3) is 0.231. The van der Waals surface area contributed by atoms with E-state index in [1.54, 1.807) is 0 Å². The number of amides is 1. The lowest BCUT2D eigenvalue weighted by atomic mass is 10.4. The third-order valence-electron chi connectivity index (χ3n) is 3.32. The molecule has 144 valence electrons. The number of carbonyl (C=O) groups is 1. The van der Waals surface area contributed by atoms with Gasteiger partial charge in [0.25, 0.3) is 5.91 Å². The maximum Gasteiger partial charge on any atom is 0.353 e. The zero-order valence-corrected chi connectivity index (χ0v) is 13.9. The predicted octanol–water partition coefficient (Wildman–Crippen LogP) is -2.07. The summed E-state index contributed by atoms with van der Waals surface area (Å²) in [6.45, 7) is 6.74. The minimum absolute atomic E-state index is 0. The molecular formula is C13H14N12O3. The first-order valence-corrected chi connectivity index (χ1v) is 7.06. The molecular weight excluding hydrogens is 372 g/mol. The van der Waals surface area contributed by atoms with Crippen molar-refractivity contribution in [2.75, 3.05) is 0 Å². The predicted molar refractivity (Wildman–Crippen MR) is 93.6 cm³/mol. The zero-order chi connectivity index (χ0) is 19.7. The SMILES string of the molecule is C.Cn1nnc2c(C(N)=O)ncn2c1=O.[C-]#[N+]c1ncn2c(=O)n(C)nnc12. The van der Waals surface area contributed by atoms with Crippen LogP contribution in [0.5, 0.6) is 0 Å². The Hall–Kier alpha value is -4.48. The molecule has 0 aliphatic heterocycles. The number of nitrogens with two attached hydrogens (primary N) is 1. The van der Waals surface area contributed by atoms with Crippen molar-refractivity contribution < 1.29 is 4.79 Å². The summed E-state index contributed by atoms with van der Waals surface area (Å²) < 4.78 is 4.38. The highest BCUT2D eigenvalue weighted by Gasteiger charge is 2.13. The zero-order valence-electron chi connectivity index (χ0n) is 13.9. The molecule has 15 nitrogen and oxygen atoms in total. The number of nitrogens with zero attached hydrogens (tertiary/aromatic N) is 11. The first-order valence-electron chi connectivity index (χ1n) is 7.06. The summed E-state index contributed by atoms with van der Waals surface area (Å²) >= 11 is 0. The molecule has 0 saturated carbocycles. The molecule has 0 fully saturated rings. The molecule has 0 aliphatic rings. The largest absolute Gasteiger partial charge is 0.364 e. The molecule has 4 aromatic rings. The van der Waals surface area contributed by atoms with E-state index >= 15 is 0 Å². The lowest BCUT2D eigenvalue weighted by Crippen LogP contribution is -2.27. The number of imidazole rings is 2. The Bertz CT molecular complexity index is 1340. The van der Waals surface area contributed by atoms with Crippen LogP contribution in [-0.4, -0.2) is 54.7 Å². The number of fused-ring (bicyclic) bond motifs is 2. The van der Waals surface area contributed by atoms with Crippen LogP contribution < -0.4 is 17.1 Å². The molecule has 4 heterocycles. The fourth-order valence-electron chi connectivity index (χ4n) is 2.00. The van der Waals surface area contributed by atoms with E-state index in [-0.39, 0.29) is 35.9 Å². The van der Waals surface area contributed by atoms with Crippen LogP contribution in [0.15, 0.2) is 22.2 Å². The number of aromatic nitrogens is 10. The van der Waals surface area contributed by atoms with Crippen molar-refractivity contribution >= 4 is 23.0 Å². The number of primary amides is 1. The average molecular weight is 386 g/mol. The fourth-order valence-corrected chi connectivity index (χ4v) is 2.00. The Balaban J connectivity index is 0.000000194. The van der Waals surface area contributed by atoms with Gasteiger partial charge in [-0.1, -0.05) is 24.4 Å². The molecule has 0 saturated heterocycles. The lowest BCUT2D eigenvalue weighted by Gasteiger charge is -1.95. The molecule has 4 rings (SSSR count). The van der Waals surface area contributed by atoms with Crippen molar-refractivity contribution in [2.24, 2.45) is 19.8 Å².